The van der Waals surface area contributed by atoms with Gasteiger partial charge in [0.2, 0.25) is 5.56 Å². The van der Waals surface area contributed by atoms with Gasteiger partial charge in [-0.25, -0.2) is 4.79 Å². The number of pyridine rings is 1. The molecule has 1 aromatic heterocycles. The zero-order valence-electron chi connectivity index (χ0n) is 8.71. The van der Waals surface area contributed by atoms with Crippen LogP contribution in [0.15, 0.2) is 23.1 Å². The summed E-state index contributed by atoms with van der Waals surface area (Å²) in [7, 11) is 0. The molecule has 0 bridgehead atoms. The number of H-pyrrole nitrogens is 1. The lowest BCUT2D eigenvalue weighted by molar-refractivity contribution is -0.159. The summed E-state index contributed by atoms with van der Waals surface area (Å²) >= 11 is 0. The first-order valence-corrected chi connectivity index (χ1v) is 4.77. The van der Waals surface area contributed by atoms with Crippen LogP contribution in [0.1, 0.15) is 18.6 Å². The van der Waals surface area contributed by atoms with Gasteiger partial charge in [-0.15, -0.1) is 0 Å². The summed E-state index contributed by atoms with van der Waals surface area (Å²) in [6.45, 7) is 1.70. The maximum Gasteiger partial charge on any atom is 0.338 e. The van der Waals surface area contributed by atoms with E-state index in [2.05, 4.69) is 9.72 Å². The summed E-state index contributed by atoms with van der Waals surface area (Å²) in [5.74, 6) is -0.921. The number of hydrogen-bond acceptors (Lipinski definition) is 5. The third-order valence-corrected chi connectivity index (χ3v) is 1.97. The minimum absolute atomic E-state index is 0.109. The average molecular weight is 227 g/mol. The van der Waals surface area contributed by atoms with Crippen molar-refractivity contribution in [2.75, 3.05) is 6.61 Å². The highest BCUT2D eigenvalue weighted by atomic mass is 16.5. The van der Waals surface area contributed by atoms with Gasteiger partial charge in [-0.1, -0.05) is 0 Å². The van der Waals surface area contributed by atoms with Gasteiger partial charge in [0, 0.05) is 12.3 Å². The summed E-state index contributed by atoms with van der Waals surface area (Å²) in [6.07, 6.45) is -1.85. The van der Waals surface area contributed by atoms with Gasteiger partial charge in [0.25, 0.3) is 0 Å². The maximum absolute atomic E-state index is 11.1. The molecule has 88 valence electrons. The fraction of sp³-hybridized carbons (Fsp3) is 0.400. The van der Waals surface area contributed by atoms with Crippen molar-refractivity contribution < 1.29 is 19.7 Å². The largest absolute Gasteiger partial charge is 0.464 e. The minimum atomic E-state index is -1.69. The smallest absolute Gasteiger partial charge is 0.338 e. The van der Waals surface area contributed by atoms with E-state index in [0.717, 1.165) is 6.07 Å². The number of carbonyl (C=O) groups is 1. The molecule has 1 rings (SSSR count). The minimum Gasteiger partial charge on any atom is -0.464 e. The zero-order chi connectivity index (χ0) is 12.1. The third-order valence-electron chi connectivity index (χ3n) is 1.97. The van der Waals surface area contributed by atoms with Crippen molar-refractivity contribution >= 4 is 5.97 Å². The van der Waals surface area contributed by atoms with E-state index in [1.54, 1.807) is 6.92 Å². The molecule has 6 nitrogen and oxygen atoms in total. The van der Waals surface area contributed by atoms with Crippen molar-refractivity contribution in [3.63, 3.8) is 0 Å². The Morgan fingerprint density at radius 1 is 1.56 bits per heavy atom. The van der Waals surface area contributed by atoms with Crippen LogP contribution >= 0.6 is 0 Å². The molecule has 0 radical (unpaired) electrons. The molecule has 16 heavy (non-hydrogen) atoms. The molecule has 0 spiro atoms. The van der Waals surface area contributed by atoms with Gasteiger partial charge in [0.1, 0.15) is 6.10 Å². The van der Waals surface area contributed by atoms with E-state index in [9.17, 15) is 19.8 Å². The van der Waals surface area contributed by atoms with Crippen LogP contribution in [0.2, 0.25) is 0 Å². The lowest BCUT2D eigenvalue weighted by atomic mass is 10.1. The van der Waals surface area contributed by atoms with Gasteiger partial charge in [-0.2, -0.15) is 0 Å². The van der Waals surface area contributed by atoms with E-state index < -0.39 is 23.7 Å². The summed E-state index contributed by atoms with van der Waals surface area (Å²) < 4.78 is 4.54. The summed E-state index contributed by atoms with van der Waals surface area (Å²) in [5.41, 5.74) is -0.267. The Morgan fingerprint density at radius 2 is 2.25 bits per heavy atom. The van der Waals surface area contributed by atoms with Crippen molar-refractivity contribution in [1.82, 2.24) is 4.98 Å². The molecule has 6 heteroatoms. The Morgan fingerprint density at radius 3 is 2.81 bits per heavy atom. The highest BCUT2D eigenvalue weighted by Crippen LogP contribution is 2.15. The van der Waals surface area contributed by atoms with Crippen LogP contribution in [0.5, 0.6) is 0 Å². The molecular formula is C10H13NO5. The number of carbonyl (C=O) groups excluding carboxylic acids is 1. The normalized spacial score (nSPS) is 14.2. The second-order valence-corrected chi connectivity index (χ2v) is 3.13. The van der Waals surface area contributed by atoms with Crippen LogP contribution in [-0.4, -0.2) is 33.9 Å². The summed E-state index contributed by atoms with van der Waals surface area (Å²) in [5, 5.41) is 19.0. The van der Waals surface area contributed by atoms with Crippen molar-refractivity contribution in [1.29, 1.82) is 0 Å². The van der Waals surface area contributed by atoms with E-state index in [0.29, 0.717) is 0 Å². The number of aliphatic hydroxyl groups excluding tert-OH is 2. The SMILES string of the molecule is CCOC(=O)C(O)C(O)c1cc[nH]c(=O)c1. The number of aromatic amines is 1. The highest BCUT2D eigenvalue weighted by molar-refractivity contribution is 5.75. The fourth-order valence-electron chi connectivity index (χ4n) is 1.18. The summed E-state index contributed by atoms with van der Waals surface area (Å²) in [6, 6.07) is 2.50. The van der Waals surface area contributed by atoms with E-state index in [-0.39, 0.29) is 12.2 Å². The maximum atomic E-state index is 11.1. The number of esters is 1. The Hall–Kier alpha value is -1.66. The average Bonchev–Trinajstić information content (AvgIpc) is 2.27. The first kappa shape index (κ1) is 12.4. The van der Waals surface area contributed by atoms with Gasteiger partial charge in [-0.3, -0.25) is 4.79 Å². The third kappa shape index (κ3) is 2.91. The first-order chi connectivity index (χ1) is 7.56. The van der Waals surface area contributed by atoms with Crippen molar-refractivity contribution in [2.24, 2.45) is 0 Å². The monoisotopic (exact) mass is 227 g/mol. The topological polar surface area (TPSA) is 99.6 Å². The van der Waals surface area contributed by atoms with E-state index in [1.807, 2.05) is 0 Å². The molecule has 0 saturated heterocycles. The van der Waals surface area contributed by atoms with Crippen LogP contribution in [0.3, 0.4) is 0 Å². The first-order valence-electron chi connectivity index (χ1n) is 4.77. The van der Waals surface area contributed by atoms with Gasteiger partial charge in [0.15, 0.2) is 6.10 Å². The van der Waals surface area contributed by atoms with Crippen molar-refractivity contribution in [3.05, 3.63) is 34.2 Å². The lowest BCUT2D eigenvalue weighted by Gasteiger charge is -2.16. The molecule has 1 heterocycles. The van der Waals surface area contributed by atoms with Crippen molar-refractivity contribution in [3.8, 4) is 0 Å². The molecule has 2 unspecified atom stereocenters. The Kier molecular flexibility index (Phi) is 4.21. The van der Waals surface area contributed by atoms with E-state index >= 15 is 0 Å². The number of nitrogens with one attached hydrogen (secondary N) is 1. The van der Waals surface area contributed by atoms with E-state index in [4.69, 9.17) is 0 Å². The quantitative estimate of drug-likeness (QED) is 0.592. The molecule has 2 atom stereocenters. The standard InChI is InChI=1S/C10H13NO5/c1-2-16-10(15)9(14)8(13)6-3-4-11-7(12)5-6/h3-5,8-9,13-14H,2H2,1H3,(H,11,12). The molecule has 1 aromatic rings. The second kappa shape index (κ2) is 5.43. The number of hydrogen-bond donors (Lipinski definition) is 3. The number of aromatic nitrogens is 1. The molecular weight excluding hydrogens is 214 g/mol. The molecule has 0 aliphatic carbocycles. The van der Waals surface area contributed by atoms with Crippen LogP contribution in [0.25, 0.3) is 0 Å². The van der Waals surface area contributed by atoms with Gasteiger partial charge in [0.05, 0.1) is 6.61 Å². The number of ether oxygens (including phenoxy) is 1. The second-order valence-electron chi connectivity index (χ2n) is 3.13. The van der Waals surface area contributed by atoms with Crippen molar-refractivity contribution in [2.45, 2.75) is 19.1 Å². The fourth-order valence-corrected chi connectivity index (χ4v) is 1.18. The molecule has 0 aromatic carbocycles. The number of aliphatic hydroxyl groups is 2. The van der Waals surface area contributed by atoms with Crippen LogP contribution in [0.4, 0.5) is 0 Å². The molecule has 0 aliphatic heterocycles. The van der Waals surface area contributed by atoms with Crippen LogP contribution in [0, 0.1) is 0 Å². The highest BCUT2D eigenvalue weighted by Gasteiger charge is 2.26. The molecule has 0 aliphatic rings. The molecule has 0 saturated carbocycles. The number of rotatable bonds is 4. The van der Waals surface area contributed by atoms with Gasteiger partial charge in [-0.05, 0) is 18.6 Å². The summed E-state index contributed by atoms with van der Waals surface area (Å²) in [4.78, 5) is 24.4. The Labute approximate surface area is 91.5 Å². The molecule has 0 amide bonds. The van der Waals surface area contributed by atoms with Gasteiger partial charge >= 0.3 is 5.97 Å². The molecule has 0 fully saturated rings. The zero-order valence-corrected chi connectivity index (χ0v) is 8.71. The van der Waals surface area contributed by atoms with Crippen LogP contribution in [-0.2, 0) is 9.53 Å². The Bertz CT molecular complexity index is 414. The van der Waals surface area contributed by atoms with Crippen LogP contribution < -0.4 is 5.56 Å². The lowest BCUT2D eigenvalue weighted by Crippen LogP contribution is -2.30. The predicted octanol–water partition coefficient (Wildman–Crippen LogP) is -0.668. The molecule has 3 N–H and O–H groups in total. The van der Waals surface area contributed by atoms with Gasteiger partial charge < -0.3 is 19.9 Å². The Balaban J connectivity index is 2.81. The predicted molar refractivity (Wildman–Crippen MR) is 54.7 cm³/mol. The van der Waals surface area contributed by atoms with E-state index in [1.165, 1.54) is 12.3 Å².